The van der Waals surface area contributed by atoms with Crippen molar-refractivity contribution < 1.29 is 0 Å². The highest BCUT2D eigenvalue weighted by Gasteiger charge is 2.26. The van der Waals surface area contributed by atoms with E-state index in [1.807, 2.05) is 12.2 Å². The van der Waals surface area contributed by atoms with E-state index < -0.39 is 0 Å². The molecule has 0 radical (unpaired) electrons. The van der Waals surface area contributed by atoms with Crippen molar-refractivity contribution in [2.75, 3.05) is 0 Å². The highest BCUT2D eigenvalue weighted by molar-refractivity contribution is 7.84. The first-order valence-electron chi connectivity index (χ1n) is 3.37. The molecule has 0 amide bonds. The summed E-state index contributed by atoms with van der Waals surface area (Å²) in [4.78, 5) is 8.77. The minimum atomic E-state index is -0.127. The van der Waals surface area contributed by atoms with Crippen molar-refractivity contribution in [1.29, 1.82) is 0 Å². The Bertz CT molecular complexity index is 354. The molecule has 5 heteroatoms. The van der Waals surface area contributed by atoms with Gasteiger partial charge in [0.05, 0.1) is 0 Å². The van der Waals surface area contributed by atoms with E-state index in [1.54, 1.807) is 0 Å². The van der Waals surface area contributed by atoms with Crippen molar-refractivity contribution in [3.8, 4) is 0 Å². The minimum Gasteiger partial charge on any atom is -0.368 e. The topological polar surface area (TPSA) is 50.7 Å². The Balaban J connectivity index is 2.45. The number of halogens is 1. The maximum Gasteiger partial charge on any atom is 0.217 e. The van der Waals surface area contributed by atoms with E-state index in [0.717, 1.165) is 10.5 Å². The number of allylic oxidation sites excluding steroid dienone is 2. The molecule has 2 aliphatic rings. The molecule has 0 spiro atoms. The number of rotatable bonds is 0. The molecule has 1 aliphatic heterocycles. The summed E-state index contributed by atoms with van der Waals surface area (Å²) < 4.78 is 0. The van der Waals surface area contributed by atoms with Gasteiger partial charge in [-0.15, -0.1) is 12.6 Å². The molecule has 12 heavy (non-hydrogen) atoms. The molecular weight excluding hydrogens is 194 g/mol. The van der Waals surface area contributed by atoms with Gasteiger partial charge >= 0.3 is 0 Å². The van der Waals surface area contributed by atoms with Gasteiger partial charge in [0.1, 0.15) is 11.2 Å². The zero-order chi connectivity index (χ0) is 8.72. The predicted octanol–water partition coefficient (Wildman–Crippen LogP) is 1.07. The summed E-state index contributed by atoms with van der Waals surface area (Å²) in [6, 6.07) is -0.127. The fourth-order valence-corrected chi connectivity index (χ4v) is 1.68. The predicted molar refractivity (Wildman–Crippen MR) is 53.9 cm³/mol. The molecule has 1 heterocycles. The van der Waals surface area contributed by atoms with E-state index in [-0.39, 0.29) is 12.0 Å². The van der Waals surface area contributed by atoms with Crippen molar-refractivity contribution in [3.05, 3.63) is 22.6 Å². The number of nitrogens with two attached hydrogens (primary N) is 1. The van der Waals surface area contributed by atoms with Crippen LogP contribution in [0.3, 0.4) is 0 Å². The molecule has 0 fully saturated rings. The lowest BCUT2D eigenvalue weighted by Crippen LogP contribution is -2.23. The highest BCUT2D eigenvalue weighted by atomic mass is 35.5. The van der Waals surface area contributed by atoms with Crippen LogP contribution < -0.4 is 5.73 Å². The Labute approximate surface area is 80.1 Å². The number of hydrogen-bond acceptors (Lipinski definition) is 4. The van der Waals surface area contributed by atoms with Crippen LogP contribution in [-0.2, 0) is 0 Å². The molecule has 1 unspecified atom stereocenters. The quantitative estimate of drug-likeness (QED) is 0.564. The molecule has 2 N–H and O–H groups in total. The Kier molecular flexibility index (Phi) is 1.73. The molecule has 1 aliphatic carbocycles. The molecule has 0 aromatic heterocycles. The molecule has 1 atom stereocenters. The second-order valence-electron chi connectivity index (χ2n) is 2.51. The van der Waals surface area contributed by atoms with Gasteiger partial charge in [-0.1, -0.05) is 17.7 Å². The van der Waals surface area contributed by atoms with Gasteiger partial charge in [0.2, 0.25) is 5.96 Å². The third-order valence-corrected chi connectivity index (χ3v) is 2.42. The van der Waals surface area contributed by atoms with E-state index in [2.05, 4.69) is 22.6 Å². The van der Waals surface area contributed by atoms with Gasteiger partial charge in [-0.05, 0) is 6.08 Å². The van der Waals surface area contributed by atoms with Gasteiger partial charge in [-0.3, -0.25) is 0 Å². The number of thiol groups is 1. The number of guanidine groups is 1. The summed E-state index contributed by atoms with van der Waals surface area (Å²) in [6.07, 6.45) is 3.71. The van der Waals surface area contributed by atoms with E-state index >= 15 is 0 Å². The molecule has 62 valence electrons. The number of fused-ring (bicyclic) bond motifs is 1. The molecule has 0 aromatic rings. The third-order valence-electron chi connectivity index (χ3n) is 1.72. The average Bonchev–Trinajstić information content (AvgIpc) is 2.33. The molecule has 0 saturated heterocycles. The number of hydrogen-bond donors (Lipinski definition) is 2. The van der Waals surface area contributed by atoms with E-state index in [9.17, 15) is 0 Å². The lowest BCUT2D eigenvalue weighted by Gasteiger charge is -2.15. The first-order valence-corrected chi connectivity index (χ1v) is 4.19. The van der Waals surface area contributed by atoms with Gasteiger partial charge in [0, 0.05) is 10.5 Å². The lowest BCUT2D eigenvalue weighted by molar-refractivity contribution is 0.979. The summed E-state index contributed by atoms with van der Waals surface area (Å²) in [5.74, 6) is 0.212. The fourth-order valence-electron chi connectivity index (χ4n) is 1.16. The normalized spacial score (nSPS) is 27.0. The largest absolute Gasteiger partial charge is 0.368 e. The van der Waals surface area contributed by atoms with E-state index in [0.29, 0.717) is 5.17 Å². The maximum atomic E-state index is 5.83. The summed E-state index contributed by atoms with van der Waals surface area (Å²) in [7, 11) is 0. The zero-order valence-electron chi connectivity index (χ0n) is 6.03. The molecule has 0 aromatic carbocycles. The monoisotopic (exact) mass is 199 g/mol. The van der Waals surface area contributed by atoms with Crippen LogP contribution in [0, 0.1) is 0 Å². The molecular formula is C7H6ClN3S. The van der Waals surface area contributed by atoms with Gasteiger partial charge < -0.3 is 5.73 Å². The summed E-state index contributed by atoms with van der Waals surface area (Å²) in [6.45, 7) is 0. The molecule has 0 bridgehead atoms. The first kappa shape index (κ1) is 7.89. The summed E-state index contributed by atoms with van der Waals surface area (Å²) in [5.41, 5.74) is 6.30. The van der Waals surface area contributed by atoms with Crippen LogP contribution in [0.25, 0.3) is 0 Å². The van der Waals surface area contributed by atoms with Crippen molar-refractivity contribution >= 4 is 35.4 Å². The smallest absolute Gasteiger partial charge is 0.217 e. The van der Waals surface area contributed by atoms with E-state index in [4.69, 9.17) is 17.3 Å². The van der Waals surface area contributed by atoms with Crippen molar-refractivity contribution in [1.82, 2.24) is 0 Å². The fraction of sp³-hybridized carbons (Fsp3) is 0.143. The van der Waals surface area contributed by atoms with Crippen LogP contribution in [-0.4, -0.2) is 17.2 Å². The van der Waals surface area contributed by atoms with Crippen molar-refractivity contribution in [2.24, 2.45) is 15.7 Å². The summed E-state index contributed by atoms with van der Waals surface area (Å²) in [5, 5.41) is 0.410. The van der Waals surface area contributed by atoms with Crippen LogP contribution in [0.5, 0.6) is 0 Å². The van der Waals surface area contributed by atoms with Crippen LogP contribution in [0.1, 0.15) is 0 Å². The van der Waals surface area contributed by atoms with Crippen LogP contribution in [0.2, 0.25) is 0 Å². The highest BCUT2D eigenvalue weighted by Crippen LogP contribution is 2.29. The van der Waals surface area contributed by atoms with E-state index in [1.165, 1.54) is 0 Å². The first-order chi connectivity index (χ1) is 5.68. The Morgan fingerprint density at radius 3 is 3.00 bits per heavy atom. The molecule has 2 rings (SSSR count). The van der Waals surface area contributed by atoms with Crippen LogP contribution in [0.15, 0.2) is 32.6 Å². The van der Waals surface area contributed by atoms with Crippen molar-refractivity contribution in [3.63, 3.8) is 0 Å². The Morgan fingerprint density at radius 1 is 1.50 bits per heavy atom. The number of aliphatic imine (C=N–C) groups is 2. The maximum absolute atomic E-state index is 5.83. The molecule has 3 nitrogen and oxygen atoms in total. The standard InChI is InChI=1S/C7H6ClN3S/c8-6-3-1-2-4(12)5(3)10-7(9)11-6/h1-2,5,12H,(H2,9,10). The van der Waals surface area contributed by atoms with Crippen molar-refractivity contribution in [2.45, 2.75) is 6.04 Å². The number of nitrogens with zero attached hydrogens (tertiary/aromatic N) is 2. The summed E-state index contributed by atoms with van der Waals surface area (Å²) >= 11 is 10.1. The third kappa shape index (κ3) is 1.07. The molecule has 0 saturated carbocycles. The Hall–Kier alpha value is -0.740. The van der Waals surface area contributed by atoms with Crippen LogP contribution in [0.4, 0.5) is 0 Å². The lowest BCUT2D eigenvalue weighted by atomic mass is 10.1. The minimum absolute atomic E-state index is 0.127. The van der Waals surface area contributed by atoms with Crippen LogP contribution >= 0.6 is 24.2 Å². The van der Waals surface area contributed by atoms with Gasteiger partial charge in [-0.25, -0.2) is 9.98 Å². The average molecular weight is 200 g/mol. The Morgan fingerprint density at radius 2 is 2.25 bits per heavy atom. The van der Waals surface area contributed by atoms with Gasteiger partial charge in [0.25, 0.3) is 0 Å². The second-order valence-corrected chi connectivity index (χ2v) is 3.38. The zero-order valence-corrected chi connectivity index (χ0v) is 7.68. The van der Waals surface area contributed by atoms with Gasteiger partial charge in [-0.2, -0.15) is 0 Å². The van der Waals surface area contributed by atoms with Gasteiger partial charge in [0.15, 0.2) is 0 Å². The second kappa shape index (κ2) is 2.64. The SMILES string of the molecule is NC1=NC2C(S)=CC=C2C(Cl)=N1.